The summed E-state index contributed by atoms with van der Waals surface area (Å²) in [5.74, 6) is 0.285. The molecule has 0 radical (unpaired) electrons. The zero-order chi connectivity index (χ0) is 9.40. The Morgan fingerprint density at radius 3 is 2.25 bits per heavy atom. The van der Waals surface area contributed by atoms with E-state index in [2.05, 4.69) is 6.58 Å². The fraction of sp³-hybridized carbons (Fsp3) is 0.200. The Kier molecular flexibility index (Phi) is 5.75. The number of para-hydroxylation sites is 1. The van der Waals surface area contributed by atoms with Gasteiger partial charge in [0.15, 0.2) is 0 Å². The van der Waals surface area contributed by atoms with Crippen molar-refractivity contribution in [3.8, 4) is 5.75 Å². The summed E-state index contributed by atoms with van der Waals surface area (Å²) in [5.41, 5.74) is 0.775. The van der Waals surface area contributed by atoms with E-state index in [0.717, 1.165) is 5.56 Å². The summed E-state index contributed by atoms with van der Waals surface area (Å²) in [7, 11) is 0. The summed E-state index contributed by atoms with van der Waals surface area (Å²) in [6, 6.07) is 7.08. The first-order valence-corrected chi connectivity index (χ1v) is 3.77. The van der Waals surface area contributed by atoms with E-state index in [1.165, 1.54) is 0 Å². The maximum absolute atomic E-state index is 9.04. The van der Waals surface area contributed by atoms with Crippen LogP contribution in [-0.2, 0) is 0 Å². The van der Waals surface area contributed by atoms with Gasteiger partial charge in [0.05, 0.1) is 0 Å². The molecule has 0 bridgehead atoms. The van der Waals surface area contributed by atoms with Crippen LogP contribution < -0.4 is 0 Å². The second-order valence-electron chi connectivity index (χ2n) is 2.08. The van der Waals surface area contributed by atoms with Crippen LogP contribution in [0.25, 0.3) is 6.08 Å². The fourth-order valence-corrected chi connectivity index (χ4v) is 0.660. The van der Waals surface area contributed by atoms with Crippen molar-refractivity contribution in [3.05, 3.63) is 36.4 Å². The molecule has 0 atom stereocenters. The molecule has 66 valence electrons. The van der Waals surface area contributed by atoms with Gasteiger partial charge in [-0.2, -0.15) is 0 Å². The normalized spacial score (nSPS) is 8.17. The minimum Gasteiger partial charge on any atom is -0.507 e. The standard InChI is InChI=1S/C8H8O.C2H6O/c1-2-7-5-3-4-6-8(7)9;1-2-3/h2-6,9H,1H2;3H,2H2,1H3. The molecule has 0 aromatic heterocycles. The van der Waals surface area contributed by atoms with E-state index < -0.39 is 0 Å². The molecule has 0 amide bonds. The van der Waals surface area contributed by atoms with Crippen molar-refractivity contribution in [3.63, 3.8) is 0 Å². The summed E-state index contributed by atoms with van der Waals surface area (Å²) in [6.07, 6.45) is 1.62. The quantitative estimate of drug-likeness (QED) is 0.670. The van der Waals surface area contributed by atoms with Gasteiger partial charge in [-0.15, -0.1) is 0 Å². The molecule has 0 spiro atoms. The number of aliphatic hydroxyl groups is 1. The van der Waals surface area contributed by atoms with Crippen molar-refractivity contribution >= 4 is 6.08 Å². The molecule has 1 aromatic carbocycles. The third-order valence-corrected chi connectivity index (χ3v) is 1.16. The Morgan fingerprint density at radius 1 is 1.42 bits per heavy atom. The largest absolute Gasteiger partial charge is 0.507 e. The molecule has 12 heavy (non-hydrogen) atoms. The lowest BCUT2D eigenvalue weighted by atomic mass is 10.2. The van der Waals surface area contributed by atoms with E-state index in [9.17, 15) is 0 Å². The van der Waals surface area contributed by atoms with Crippen LogP contribution >= 0.6 is 0 Å². The molecule has 2 nitrogen and oxygen atoms in total. The van der Waals surface area contributed by atoms with Crippen molar-refractivity contribution in [2.45, 2.75) is 6.92 Å². The molecular weight excluding hydrogens is 152 g/mol. The lowest BCUT2D eigenvalue weighted by Gasteiger charge is -1.93. The highest BCUT2D eigenvalue weighted by atomic mass is 16.3. The number of aliphatic hydroxyl groups excluding tert-OH is 1. The van der Waals surface area contributed by atoms with Gasteiger partial charge in [0, 0.05) is 12.2 Å². The zero-order valence-corrected chi connectivity index (χ0v) is 7.20. The minimum atomic E-state index is 0.250. The van der Waals surface area contributed by atoms with Gasteiger partial charge >= 0.3 is 0 Å². The number of benzene rings is 1. The highest BCUT2D eigenvalue weighted by Crippen LogP contribution is 2.15. The Labute approximate surface area is 72.8 Å². The van der Waals surface area contributed by atoms with Gasteiger partial charge in [-0.3, -0.25) is 0 Å². The van der Waals surface area contributed by atoms with Gasteiger partial charge in [0.25, 0.3) is 0 Å². The molecule has 1 rings (SSSR count). The van der Waals surface area contributed by atoms with Crippen LogP contribution in [0.3, 0.4) is 0 Å². The molecule has 0 aliphatic carbocycles. The van der Waals surface area contributed by atoms with E-state index in [0.29, 0.717) is 0 Å². The van der Waals surface area contributed by atoms with Crippen LogP contribution in [0.1, 0.15) is 12.5 Å². The molecule has 1 aromatic rings. The topological polar surface area (TPSA) is 40.5 Å². The average Bonchev–Trinajstić information content (AvgIpc) is 2.07. The Morgan fingerprint density at radius 2 is 1.92 bits per heavy atom. The number of phenols is 1. The van der Waals surface area contributed by atoms with Crippen LogP contribution in [0, 0.1) is 0 Å². The first-order chi connectivity index (χ1) is 5.76. The first kappa shape index (κ1) is 10.7. The highest BCUT2D eigenvalue weighted by Gasteiger charge is 1.89. The van der Waals surface area contributed by atoms with Crippen LogP contribution in [0.15, 0.2) is 30.8 Å². The fourth-order valence-electron chi connectivity index (χ4n) is 0.660. The van der Waals surface area contributed by atoms with Crippen molar-refractivity contribution < 1.29 is 10.2 Å². The summed E-state index contributed by atoms with van der Waals surface area (Å²) < 4.78 is 0. The lowest BCUT2D eigenvalue weighted by molar-refractivity contribution is 0.318. The number of hydrogen-bond donors (Lipinski definition) is 2. The summed E-state index contributed by atoms with van der Waals surface area (Å²) >= 11 is 0. The maximum Gasteiger partial charge on any atom is 0.122 e. The highest BCUT2D eigenvalue weighted by molar-refractivity contribution is 5.54. The number of aromatic hydroxyl groups is 1. The molecule has 0 heterocycles. The number of phenolic OH excluding ortho intramolecular Hbond substituents is 1. The van der Waals surface area contributed by atoms with E-state index in [1.54, 1.807) is 25.1 Å². The summed E-state index contributed by atoms with van der Waals surface area (Å²) in [6.45, 7) is 5.46. The van der Waals surface area contributed by atoms with Gasteiger partial charge in [0.2, 0.25) is 0 Å². The lowest BCUT2D eigenvalue weighted by Crippen LogP contribution is -1.69. The molecule has 0 fully saturated rings. The smallest absolute Gasteiger partial charge is 0.122 e. The summed E-state index contributed by atoms with van der Waals surface area (Å²) in [5, 5.41) is 16.6. The number of hydrogen-bond acceptors (Lipinski definition) is 2. The van der Waals surface area contributed by atoms with Crippen LogP contribution in [0.4, 0.5) is 0 Å². The molecular formula is C10H14O2. The molecule has 2 N–H and O–H groups in total. The van der Waals surface area contributed by atoms with Crippen LogP contribution in [0.5, 0.6) is 5.75 Å². The van der Waals surface area contributed by atoms with E-state index in [1.807, 2.05) is 12.1 Å². The molecule has 2 heteroatoms. The van der Waals surface area contributed by atoms with Crippen molar-refractivity contribution in [1.82, 2.24) is 0 Å². The minimum absolute atomic E-state index is 0.250. The van der Waals surface area contributed by atoms with E-state index in [4.69, 9.17) is 10.2 Å². The molecule has 0 aliphatic rings. The second kappa shape index (κ2) is 6.43. The monoisotopic (exact) mass is 166 g/mol. The first-order valence-electron chi connectivity index (χ1n) is 3.77. The van der Waals surface area contributed by atoms with Crippen molar-refractivity contribution in [2.24, 2.45) is 0 Å². The predicted octanol–water partition coefficient (Wildman–Crippen LogP) is 2.03. The Bertz CT molecular complexity index is 231. The predicted molar refractivity (Wildman–Crippen MR) is 51.0 cm³/mol. The summed E-state index contributed by atoms with van der Waals surface area (Å²) in [4.78, 5) is 0. The SMILES string of the molecule is C=Cc1ccccc1O.CCO. The average molecular weight is 166 g/mol. The van der Waals surface area contributed by atoms with Crippen molar-refractivity contribution in [1.29, 1.82) is 0 Å². The van der Waals surface area contributed by atoms with Crippen LogP contribution in [0.2, 0.25) is 0 Å². The second-order valence-corrected chi connectivity index (χ2v) is 2.08. The third-order valence-electron chi connectivity index (χ3n) is 1.16. The molecule has 0 saturated carbocycles. The van der Waals surface area contributed by atoms with Gasteiger partial charge in [-0.05, 0) is 13.0 Å². The van der Waals surface area contributed by atoms with Crippen molar-refractivity contribution in [2.75, 3.05) is 6.61 Å². The Hall–Kier alpha value is -1.28. The maximum atomic E-state index is 9.04. The Balaban J connectivity index is 0.000000354. The van der Waals surface area contributed by atoms with E-state index in [-0.39, 0.29) is 12.4 Å². The zero-order valence-electron chi connectivity index (χ0n) is 7.20. The van der Waals surface area contributed by atoms with Crippen LogP contribution in [-0.4, -0.2) is 16.8 Å². The molecule has 0 unspecified atom stereocenters. The molecule has 0 saturated heterocycles. The van der Waals surface area contributed by atoms with E-state index >= 15 is 0 Å². The molecule has 0 aliphatic heterocycles. The van der Waals surface area contributed by atoms with Gasteiger partial charge in [-0.25, -0.2) is 0 Å². The number of rotatable bonds is 1. The van der Waals surface area contributed by atoms with Gasteiger partial charge in [0.1, 0.15) is 5.75 Å². The third kappa shape index (κ3) is 3.78. The van der Waals surface area contributed by atoms with Gasteiger partial charge in [-0.1, -0.05) is 30.9 Å². The van der Waals surface area contributed by atoms with Gasteiger partial charge < -0.3 is 10.2 Å².